The molecule has 5 rings (SSSR count). The lowest BCUT2D eigenvalue weighted by Gasteiger charge is -2.28. The van der Waals surface area contributed by atoms with Gasteiger partial charge in [0.15, 0.2) is 0 Å². The van der Waals surface area contributed by atoms with Crippen LogP contribution in [-0.4, -0.2) is 25.0 Å². The summed E-state index contributed by atoms with van der Waals surface area (Å²) >= 11 is 0. The molecule has 3 aromatic rings. The van der Waals surface area contributed by atoms with Crippen molar-refractivity contribution in [3.8, 4) is 5.75 Å². The van der Waals surface area contributed by atoms with E-state index in [1.54, 1.807) is 31.4 Å². The van der Waals surface area contributed by atoms with Gasteiger partial charge in [0.2, 0.25) is 0 Å². The van der Waals surface area contributed by atoms with E-state index in [4.69, 9.17) is 4.74 Å². The number of imide groups is 1. The van der Waals surface area contributed by atoms with Crippen LogP contribution in [0.4, 0.5) is 11.4 Å². The zero-order chi connectivity index (χ0) is 21.4. The normalized spacial score (nSPS) is 17.2. The number of hydrogen-bond acceptors (Lipinski definition) is 4. The van der Waals surface area contributed by atoms with Crippen molar-refractivity contribution in [1.82, 2.24) is 0 Å². The lowest BCUT2D eigenvalue weighted by molar-refractivity contribution is 0.0926. The first-order valence-electron chi connectivity index (χ1n) is 10.6. The third-order valence-electron chi connectivity index (χ3n) is 6.19. The van der Waals surface area contributed by atoms with Crippen LogP contribution in [0, 0.1) is 0 Å². The van der Waals surface area contributed by atoms with Gasteiger partial charge in [-0.05, 0) is 67.1 Å². The van der Waals surface area contributed by atoms with Gasteiger partial charge in [0.25, 0.3) is 11.8 Å². The highest BCUT2D eigenvalue weighted by atomic mass is 16.5. The Morgan fingerprint density at radius 1 is 0.968 bits per heavy atom. The van der Waals surface area contributed by atoms with Crippen LogP contribution in [0.15, 0.2) is 66.7 Å². The number of carbonyl (C=O) groups excluding carboxylic acids is 2. The predicted octanol–water partition coefficient (Wildman–Crippen LogP) is 4.86. The number of nitrogens with one attached hydrogen (secondary N) is 1. The molecule has 2 heterocycles. The highest BCUT2D eigenvalue weighted by molar-refractivity contribution is 6.34. The SMILES string of the molecule is COc1cccc2c1NC(CCc1cccc(N3C(=O)c4ccccc4C3=O)c1)CC2. The quantitative estimate of drug-likeness (QED) is 0.609. The lowest BCUT2D eigenvalue weighted by atomic mass is 9.93. The molecule has 1 atom stereocenters. The summed E-state index contributed by atoms with van der Waals surface area (Å²) in [4.78, 5) is 26.9. The number of nitrogens with zero attached hydrogens (tertiary/aromatic N) is 1. The smallest absolute Gasteiger partial charge is 0.266 e. The van der Waals surface area contributed by atoms with Crippen molar-refractivity contribution < 1.29 is 14.3 Å². The van der Waals surface area contributed by atoms with E-state index < -0.39 is 0 Å². The molecule has 1 unspecified atom stereocenters. The molecule has 3 aromatic carbocycles. The number of fused-ring (bicyclic) bond motifs is 2. The molecule has 31 heavy (non-hydrogen) atoms. The Morgan fingerprint density at radius 2 is 1.71 bits per heavy atom. The van der Waals surface area contributed by atoms with Crippen LogP contribution in [0.25, 0.3) is 0 Å². The van der Waals surface area contributed by atoms with Crippen LogP contribution in [0.5, 0.6) is 5.75 Å². The first-order valence-corrected chi connectivity index (χ1v) is 10.6. The second kappa shape index (κ2) is 7.91. The van der Waals surface area contributed by atoms with E-state index in [1.807, 2.05) is 30.3 Å². The molecule has 0 fully saturated rings. The number of hydrogen-bond donors (Lipinski definition) is 1. The summed E-state index contributed by atoms with van der Waals surface area (Å²) in [6, 6.07) is 21.3. The maximum atomic E-state index is 12.8. The number of carbonyl (C=O) groups is 2. The van der Waals surface area contributed by atoms with Crippen molar-refractivity contribution >= 4 is 23.2 Å². The number of para-hydroxylation sites is 1. The monoisotopic (exact) mass is 412 g/mol. The molecular weight excluding hydrogens is 388 g/mol. The summed E-state index contributed by atoms with van der Waals surface area (Å²) < 4.78 is 5.51. The molecule has 5 heteroatoms. The topological polar surface area (TPSA) is 58.6 Å². The largest absolute Gasteiger partial charge is 0.495 e. The molecule has 0 aliphatic carbocycles. The van der Waals surface area contributed by atoms with Crippen molar-refractivity contribution in [2.24, 2.45) is 0 Å². The van der Waals surface area contributed by atoms with Crippen molar-refractivity contribution in [2.75, 3.05) is 17.3 Å². The van der Waals surface area contributed by atoms with Crippen molar-refractivity contribution in [3.63, 3.8) is 0 Å². The highest BCUT2D eigenvalue weighted by Crippen LogP contribution is 2.35. The second-order valence-corrected chi connectivity index (χ2v) is 8.07. The summed E-state index contributed by atoms with van der Waals surface area (Å²) in [7, 11) is 1.70. The molecule has 1 N–H and O–H groups in total. The first-order chi connectivity index (χ1) is 15.2. The van der Waals surface area contributed by atoms with Crippen LogP contribution in [0.3, 0.4) is 0 Å². The summed E-state index contributed by atoms with van der Waals surface area (Å²) in [6.07, 6.45) is 3.92. The van der Waals surface area contributed by atoms with Gasteiger partial charge in [-0.3, -0.25) is 9.59 Å². The van der Waals surface area contributed by atoms with Gasteiger partial charge in [-0.1, -0.05) is 36.4 Å². The van der Waals surface area contributed by atoms with Crippen LogP contribution in [0.2, 0.25) is 0 Å². The van der Waals surface area contributed by atoms with Gasteiger partial charge in [0, 0.05) is 6.04 Å². The summed E-state index contributed by atoms with van der Waals surface area (Å²) in [5.74, 6) is 0.376. The first kappa shape index (κ1) is 19.4. The average molecular weight is 412 g/mol. The molecule has 2 aliphatic rings. The molecule has 156 valence electrons. The minimum Gasteiger partial charge on any atom is -0.495 e. The summed E-state index contributed by atoms with van der Waals surface area (Å²) in [5.41, 5.74) is 5.08. The Labute approximate surface area is 181 Å². The minimum atomic E-state index is -0.254. The zero-order valence-corrected chi connectivity index (χ0v) is 17.4. The predicted molar refractivity (Wildman–Crippen MR) is 121 cm³/mol. The van der Waals surface area contributed by atoms with E-state index in [0.717, 1.165) is 42.7 Å². The van der Waals surface area contributed by atoms with Crippen molar-refractivity contribution in [2.45, 2.75) is 31.7 Å². The van der Waals surface area contributed by atoms with Gasteiger partial charge in [-0.15, -0.1) is 0 Å². The lowest BCUT2D eigenvalue weighted by Crippen LogP contribution is -2.29. The standard InChI is InChI=1S/C26H24N2O3/c1-31-23-11-5-7-18-13-15-19(27-24(18)23)14-12-17-6-4-8-20(16-17)28-25(29)21-9-2-3-10-22(21)26(28)30/h2-11,16,19,27H,12-15H2,1H3. The minimum absolute atomic E-state index is 0.254. The Kier molecular flexibility index (Phi) is 4.94. The maximum Gasteiger partial charge on any atom is 0.266 e. The highest BCUT2D eigenvalue weighted by Gasteiger charge is 2.36. The fourth-order valence-electron chi connectivity index (χ4n) is 4.56. The Hall–Kier alpha value is -3.60. The molecular formula is C26H24N2O3. The molecule has 0 saturated carbocycles. The van der Waals surface area contributed by atoms with Crippen LogP contribution < -0.4 is 15.0 Å². The van der Waals surface area contributed by atoms with Crippen molar-refractivity contribution in [1.29, 1.82) is 0 Å². The molecule has 0 spiro atoms. The van der Waals surface area contributed by atoms with Crippen LogP contribution >= 0.6 is 0 Å². The number of anilines is 2. The molecule has 0 bridgehead atoms. The number of methoxy groups -OCH3 is 1. The van der Waals surface area contributed by atoms with Gasteiger partial charge >= 0.3 is 0 Å². The second-order valence-electron chi connectivity index (χ2n) is 8.07. The summed E-state index contributed by atoms with van der Waals surface area (Å²) in [6.45, 7) is 0. The van der Waals surface area contributed by atoms with E-state index in [9.17, 15) is 9.59 Å². The Morgan fingerprint density at radius 3 is 2.45 bits per heavy atom. The van der Waals surface area contributed by atoms with E-state index in [0.29, 0.717) is 22.9 Å². The van der Waals surface area contributed by atoms with Crippen molar-refractivity contribution in [3.05, 3.63) is 89.0 Å². The molecule has 2 amide bonds. The summed E-state index contributed by atoms with van der Waals surface area (Å²) in [5, 5.41) is 3.64. The van der Waals surface area contributed by atoms with Crippen LogP contribution in [-0.2, 0) is 12.8 Å². The molecule has 0 radical (unpaired) electrons. The molecule has 2 aliphatic heterocycles. The average Bonchev–Trinajstić information content (AvgIpc) is 3.07. The third-order valence-corrected chi connectivity index (χ3v) is 6.19. The molecule has 5 nitrogen and oxygen atoms in total. The molecule has 0 aromatic heterocycles. The van der Waals surface area contributed by atoms with Gasteiger partial charge < -0.3 is 10.1 Å². The maximum absolute atomic E-state index is 12.8. The number of rotatable bonds is 5. The number of aryl methyl sites for hydroxylation is 2. The molecule has 0 saturated heterocycles. The Bertz CT molecular complexity index is 1120. The number of benzene rings is 3. The zero-order valence-electron chi connectivity index (χ0n) is 17.4. The van der Waals surface area contributed by atoms with E-state index in [-0.39, 0.29) is 11.8 Å². The number of amides is 2. The van der Waals surface area contributed by atoms with E-state index >= 15 is 0 Å². The van der Waals surface area contributed by atoms with E-state index in [1.165, 1.54) is 10.5 Å². The van der Waals surface area contributed by atoms with Crippen LogP contribution in [0.1, 0.15) is 44.7 Å². The van der Waals surface area contributed by atoms with Gasteiger partial charge in [-0.2, -0.15) is 0 Å². The van der Waals surface area contributed by atoms with Gasteiger partial charge in [0.05, 0.1) is 29.6 Å². The fourth-order valence-corrected chi connectivity index (χ4v) is 4.56. The fraction of sp³-hybridized carbons (Fsp3) is 0.231. The van der Waals surface area contributed by atoms with E-state index in [2.05, 4.69) is 17.4 Å². The Balaban J connectivity index is 1.30. The van der Waals surface area contributed by atoms with Gasteiger partial charge in [0.1, 0.15) is 5.75 Å². The third kappa shape index (κ3) is 3.46. The number of ether oxygens (including phenoxy) is 1. The van der Waals surface area contributed by atoms with Gasteiger partial charge in [-0.25, -0.2) is 4.90 Å².